The van der Waals surface area contributed by atoms with E-state index in [4.69, 9.17) is 9.72 Å². The van der Waals surface area contributed by atoms with Crippen LogP contribution >= 0.6 is 0 Å². The molecule has 3 fully saturated rings. The molecule has 37 heavy (non-hydrogen) atoms. The molecular formula is C25H28F3N5O3S. The topological polar surface area (TPSA) is 80.0 Å². The molecule has 0 unspecified atom stereocenters. The quantitative estimate of drug-likeness (QED) is 0.497. The maximum Gasteiger partial charge on any atom is 0.416 e. The number of alkyl halides is 3. The lowest BCUT2D eigenvalue weighted by Crippen LogP contribution is -2.67. The van der Waals surface area contributed by atoms with Crippen LogP contribution in [0.4, 0.5) is 18.9 Å². The molecule has 1 aromatic carbocycles. The fraction of sp³-hybridized carbons (Fsp3) is 0.520. The lowest BCUT2D eigenvalue weighted by atomic mass is 9.82. The Morgan fingerprint density at radius 2 is 1.86 bits per heavy atom. The van der Waals surface area contributed by atoms with Crippen LogP contribution in [0, 0.1) is 12.3 Å². The van der Waals surface area contributed by atoms with Gasteiger partial charge in [0.2, 0.25) is 5.78 Å². The number of benzene rings is 1. The third-order valence-electron chi connectivity index (χ3n) is 7.68. The van der Waals surface area contributed by atoms with E-state index in [1.165, 1.54) is 13.0 Å². The Bertz CT molecular complexity index is 1440. The van der Waals surface area contributed by atoms with Crippen LogP contribution in [-0.2, 0) is 33.7 Å². The summed E-state index contributed by atoms with van der Waals surface area (Å²) >= 11 is 0. The minimum Gasteiger partial charge on any atom is -0.378 e. The fourth-order valence-electron chi connectivity index (χ4n) is 5.98. The Morgan fingerprint density at radius 1 is 1.14 bits per heavy atom. The maximum atomic E-state index is 13.6. The Hall–Kier alpha value is -2.70. The van der Waals surface area contributed by atoms with Gasteiger partial charge in [-0.25, -0.2) is 18.4 Å². The summed E-state index contributed by atoms with van der Waals surface area (Å²) in [4.78, 5) is 13.7. The van der Waals surface area contributed by atoms with Crippen molar-refractivity contribution >= 4 is 21.3 Å². The van der Waals surface area contributed by atoms with Gasteiger partial charge in [0, 0.05) is 50.8 Å². The second-order valence-corrected chi connectivity index (χ2v) is 12.6. The van der Waals surface area contributed by atoms with Crippen molar-refractivity contribution in [2.75, 3.05) is 55.8 Å². The normalized spacial score (nSPS) is 21.2. The van der Waals surface area contributed by atoms with E-state index in [-0.39, 0.29) is 28.9 Å². The van der Waals surface area contributed by atoms with E-state index >= 15 is 0 Å². The van der Waals surface area contributed by atoms with Crippen LogP contribution in [0.15, 0.2) is 30.6 Å². The van der Waals surface area contributed by atoms with Crippen molar-refractivity contribution in [2.24, 2.45) is 5.41 Å². The van der Waals surface area contributed by atoms with Crippen LogP contribution in [-0.4, -0.2) is 78.6 Å². The van der Waals surface area contributed by atoms with Crippen LogP contribution in [0.1, 0.15) is 28.1 Å². The molecule has 6 rings (SSSR count). The number of hydrogen-bond donors (Lipinski definition) is 0. The number of anilines is 1. The standard InChI is InChI=1S/C25H28F3N5O3S/c1-17-18(3-2-4-20(17)25(26,27)28)9-22-21(12-31-13-24(14-31)15-37(34,35)16-24)30-23-29-10-19(11-33(22)23)32-5-7-36-8-6-32/h2-4,10-11H,5-9,12-16H2,1H3. The predicted molar refractivity (Wildman–Crippen MR) is 131 cm³/mol. The van der Waals surface area contributed by atoms with Gasteiger partial charge < -0.3 is 9.64 Å². The van der Waals surface area contributed by atoms with Gasteiger partial charge in [-0.15, -0.1) is 0 Å². The van der Waals surface area contributed by atoms with Crippen molar-refractivity contribution in [2.45, 2.75) is 26.1 Å². The zero-order valence-corrected chi connectivity index (χ0v) is 21.3. The predicted octanol–water partition coefficient (Wildman–Crippen LogP) is 2.71. The van der Waals surface area contributed by atoms with Crippen LogP contribution in [0.25, 0.3) is 5.78 Å². The molecule has 5 heterocycles. The molecule has 2 aromatic heterocycles. The van der Waals surface area contributed by atoms with Gasteiger partial charge >= 0.3 is 6.18 Å². The van der Waals surface area contributed by atoms with Crippen molar-refractivity contribution in [3.05, 3.63) is 58.7 Å². The molecule has 1 spiro atoms. The van der Waals surface area contributed by atoms with Crippen LogP contribution in [0.3, 0.4) is 0 Å². The summed E-state index contributed by atoms with van der Waals surface area (Å²) in [5.41, 5.74) is 2.45. The van der Waals surface area contributed by atoms with Crippen LogP contribution in [0.5, 0.6) is 0 Å². The molecule has 12 heteroatoms. The molecule has 0 bridgehead atoms. The molecule has 0 N–H and O–H groups in total. The van der Waals surface area contributed by atoms with Crippen molar-refractivity contribution in [3.63, 3.8) is 0 Å². The summed E-state index contributed by atoms with van der Waals surface area (Å²) in [6, 6.07) is 4.28. The monoisotopic (exact) mass is 535 g/mol. The number of likely N-dealkylation sites (tertiary alicyclic amines) is 1. The zero-order valence-electron chi connectivity index (χ0n) is 20.5. The molecule has 0 amide bonds. The molecule has 0 saturated carbocycles. The van der Waals surface area contributed by atoms with Gasteiger partial charge in [0.05, 0.1) is 53.6 Å². The van der Waals surface area contributed by atoms with E-state index in [1.54, 1.807) is 12.3 Å². The second-order valence-electron chi connectivity index (χ2n) is 10.5. The third-order valence-corrected chi connectivity index (χ3v) is 9.78. The summed E-state index contributed by atoms with van der Waals surface area (Å²) in [6.07, 6.45) is -0.427. The van der Waals surface area contributed by atoms with Gasteiger partial charge in [-0.3, -0.25) is 9.30 Å². The molecule has 0 radical (unpaired) electrons. The average Bonchev–Trinajstić information content (AvgIpc) is 3.14. The minimum atomic E-state index is -4.43. The number of nitrogens with zero attached hydrogens (tertiary/aromatic N) is 5. The second kappa shape index (κ2) is 8.67. The molecule has 8 nitrogen and oxygen atoms in total. The van der Waals surface area contributed by atoms with Crippen molar-refractivity contribution < 1.29 is 26.3 Å². The Balaban J connectivity index is 1.35. The van der Waals surface area contributed by atoms with E-state index in [9.17, 15) is 21.6 Å². The number of rotatable bonds is 5. The Labute approximate surface area is 213 Å². The number of aromatic nitrogens is 3. The van der Waals surface area contributed by atoms with E-state index in [0.717, 1.165) is 36.2 Å². The first kappa shape index (κ1) is 24.6. The van der Waals surface area contributed by atoms with Gasteiger partial charge in [-0.2, -0.15) is 13.2 Å². The number of morpholine rings is 1. The van der Waals surface area contributed by atoms with Gasteiger partial charge in [-0.05, 0) is 24.1 Å². The van der Waals surface area contributed by atoms with Gasteiger partial charge in [0.15, 0.2) is 9.84 Å². The van der Waals surface area contributed by atoms with Crippen LogP contribution < -0.4 is 4.90 Å². The molecule has 3 aromatic rings. The summed E-state index contributed by atoms with van der Waals surface area (Å²) in [5.74, 6) is 0.943. The van der Waals surface area contributed by atoms with Crippen molar-refractivity contribution in [1.82, 2.24) is 19.3 Å². The first-order valence-electron chi connectivity index (χ1n) is 12.3. The largest absolute Gasteiger partial charge is 0.416 e. The summed E-state index contributed by atoms with van der Waals surface area (Å²) in [6.45, 7) is 6.06. The molecule has 3 aliphatic heterocycles. The zero-order chi connectivity index (χ0) is 26.0. The third kappa shape index (κ3) is 4.59. The number of fused-ring (bicyclic) bond motifs is 1. The highest BCUT2D eigenvalue weighted by molar-refractivity contribution is 7.92. The van der Waals surface area contributed by atoms with Crippen molar-refractivity contribution in [1.29, 1.82) is 0 Å². The summed E-state index contributed by atoms with van der Waals surface area (Å²) in [7, 11) is -2.91. The molecular weight excluding hydrogens is 507 g/mol. The molecule has 3 aliphatic rings. The molecule has 3 saturated heterocycles. The Morgan fingerprint density at radius 3 is 2.54 bits per heavy atom. The number of sulfone groups is 1. The van der Waals surface area contributed by atoms with Gasteiger partial charge in [0.1, 0.15) is 0 Å². The maximum absolute atomic E-state index is 13.6. The Kier molecular flexibility index (Phi) is 5.77. The molecule has 0 atom stereocenters. The SMILES string of the molecule is Cc1c(Cc2c(CN3CC4(C3)CS(=O)(=O)C4)nc3ncc(N4CCOCC4)cn23)cccc1C(F)(F)F. The number of ether oxygens (including phenoxy) is 1. The van der Waals surface area contributed by atoms with E-state index < -0.39 is 21.6 Å². The number of hydrogen-bond acceptors (Lipinski definition) is 7. The molecule has 198 valence electrons. The smallest absolute Gasteiger partial charge is 0.378 e. The highest BCUT2D eigenvalue weighted by Crippen LogP contribution is 2.42. The average molecular weight is 536 g/mol. The van der Waals surface area contributed by atoms with Crippen molar-refractivity contribution in [3.8, 4) is 0 Å². The highest BCUT2D eigenvalue weighted by Gasteiger charge is 2.55. The first-order valence-corrected chi connectivity index (χ1v) is 14.1. The summed E-state index contributed by atoms with van der Waals surface area (Å²) in [5, 5.41) is 0. The van der Waals surface area contributed by atoms with E-state index in [1.807, 2.05) is 10.6 Å². The lowest BCUT2D eigenvalue weighted by molar-refractivity contribution is -0.138. The molecule has 0 aliphatic carbocycles. The fourth-order valence-corrected chi connectivity index (χ4v) is 8.12. The van der Waals surface area contributed by atoms with Gasteiger partial charge in [0.25, 0.3) is 0 Å². The summed E-state index contributed by atoms with van der Waals surface area (Å²) < 4.78 is 71.5. The van der Waals surface area contributed by atoms with Gasteiger partial charge in [-0.1, -0.05) is 12.1 Å². The highest BCUT2D eigenvalue weighted by atomic mass is 32.2. The van der Waals surface area contributed by atoms with E-state index in [2.05, 4.69) is 14.8 Å². The first-order chi connectivity index (χ1) is 17.5. The van der Waals surface area contributed by atoms with E-state index in [0.29, 0.717) is 44.2 Å². The lowest BCUT2D eigenvalue weighted by Gasteiger charge is -2.54. The minimum absolute atomic E-state index is 0.155. The van der Waals surface area contributed by atoms with Crippen LogP contribution in [0.2, 0.25) is 0 Å². The number of imidazole rings is 1. The number of halogens is 3.